The Hall–Kier alpha value is -3.33. The fourth-order valence-corrected chi connectivity index (χ4v) is 3.63. The molecule has 2 aromatic rings. The minimum atomic E-state index is -3.22. The molecule has 0 aromatic heterocycles. The number of rotatable bonds is 7. The second kappa shape index (κ2) is 9.04. The third-order valence-electron chi connectivity index (χ3n) is 5.21. The average Bonchev–Trinajstić information content (AvgIpc) is 2.86. The number of benzene rings is 2. The van der Waals surface area contributed by atoms with Crippen LogP contribution in [0.3, 0.4) is 0 Å². The smallest absolute Gasteiger partial charge is 0.262 e. The molecule has 1 heterocycles. The standard InChI is InChI=1S/C23H25F2N3O4/c1-3-12-23(32,20(30)26-13-22(2,24)25)21(31)28-18-16-10-5-4-8-14(16)15-9-6-7-11-17(15)27-19(18)29/h4-11,18,32H,3,12-13H2,1-2H3,(H,26,30)(H,27,29)(H,28,31)/t18-,23?/m0/s1. The number of hydrogen-bond acceptors (Lipinski definition) is 4. The van der Waals surface area contributed by atoms with Gasteiger partial charge in [-0.15, -0.1) is 0 Å². The molecule has 1 aliphatic rings. The van der Waals surface area contributed by atoms with Gasteiger partial charge in [-0.2, -0.15) is 0 Å². The van der Waals surface area contributed by atoms with Crippen molar-refractivity contribution >= 4 is 23.4 Å². The lowest BCUT2D eigenvalue weighted by Gasteiger charge is -2.28. The molecular formula is C23H25F2N3O4. The molecule has 0 spiro atoms. The molecule has 3 rings (SSSR count). The number of nitrogens with one attached hydrogen (secondary N) is 3. The summed E-state index contributed by atoms with van der Waals surface area (Å²) < 4.78 is 26.3. The van der Waals surface area contributed by atoms with Crippen LogP contribution in [0.15, 0.2) is 48.5 Å². The van der Waals surface area contributed by atoms with E-state index in [1.165, 1.54) is 0 Å². The maximum Gasteiger partial charge on any atom is 0.262 e. The van der Waals surface area contributed by atoms with E-state index in [0.717, 1.165) is 5.56 Å². The van der Waals surface area contributed by atoms with Crippen molar-refractivity contribution in [3.63, 3.8) is 0 Å². The highest BCUT2D eigenvalue weighted by molar-refractivity contribution is 6.11. The van der Waals surface area contributed by atoms with Crippen molar-refractivity contribution in [2.24, 2.45) is 0 Å². The number of fused-ring (bicyclic) bond motifs is 3. The van der Waals surface area contributed by atoms with Gasteiger partial charge in [-0.05, 0) is 23.6 Å². The number of hydrogen-bond donors (Lipinski definition) is 4. The quantitative estimate of drug-likeness (QED) is 0.492. The van der Waals surface area contributed by atoms with Crippen molar-refractivity contribution in [1.29, 1.82) is 0 Å². The van der Waals surface area contributed by atoms with Gasteiger partial charge in [0.2, 0.25) is 5.60 Å². The third kappa shape index (κ3) is 4.77. The third-order valence-corrected chi connectivity index (χ3v) is 5.21. The van der Waals surface area contributed by atoms with Crippen LogP contribution in [0.25, 0.3) is 11.1 Å². The maximum absolute atomic E-state index is 13.2. The van der Waals surface area contributed by atoms with Gasteiger partial charge in [-0.1, -0.05) is 55.8 Å². The maximum atomic E-state index is 13.2. The van der Waals surface area contributed by atoms with Crippen molar-refractivity contribution in [3.8, 4) is 11.1 Å². The number of carbonyl (C=O) groups is 3. The van der Waals surface area contributed by atoms with E-state index in [9.17, 15) is 28.3 Å². The lowest BCUT2D eigenvalue weighted by atomic mass is 9.92. The molecule has 1 unspecified atom stereocenters. The summed E-state index contributed by atoms with van der Waals surface area (Å²) in [5.74, 6) is -6.17. The van der Waals surface area contributed by atoms with E-state index in [0.29, 0.717) is 23.7 Å². The topological polar surface area (TPSA) is 108 Å². The first-order valence-corrected chi connectivity index (χ1v) is 10.3. The average molecular weight is 445 g/mol. The van der Waals surface area contributed by atoms with Gasteiger partial charge in [-0.25, -0.2) is 8.78 Å². The SMILES string of the molecule is CCCC(O)(C(=O)NCC(C)(F)F)C(=O)N[C@@H]1C(=O)Nc2ccccc2-c2ccccc21. The van der Waals surface area contributed by atoms with Crippen LogP contribution in [0.4, 0.5) is 14.5 Å². The van der Waals surface area contributed by atoms with E-state index in [2.05, 4.69) is 10.6 Å². The summed E-state index contributed by atoms with van der Waals surface area (Å²) in [6.45, 7) is 1.20. The van der Waals surface area contributed by atoms with E-state index < -0.39 is 41.8 Å². The van der Waals surface area contributed by atoms with Crippen LogP contribution in [0, 0.1) is 0 Å². The predicted octanol–water partition coefficient (Wildman–Crippen LogP) is 2.77. The van der Waals surface area contributed by atoms with Crippen molar-refractivity contribution in [1.82, 2.24) is 10.6 Å². The first-order valence-electron chi connectivity index (χ1n) is 10.3. The molecule has 170 valence electrons. The first kappa shape index (κ1) is 23.3. The summed E-state index contributed by atoms with van der Waals surface area (Å²) in [4.78, 5) is 38.5. The largest absolute Gasteiger partial charge is 0.372 e. The van der Waals surface area contributed by atoms with E-state index in [4.69, 9.17) is 0 Å². The van der Waals surface area contributed by atoms with Gasteiger partial charge in [0.15, 0.2) is 0 Å². The Bertz CT molecular complexity index is 1040. The van der Waals surface area contributed by atoms with Crippen molar-refractivity contribution in [2.45, 2.75) is 44.3 Å². The monoisotopic (exact) mass is 445 g/mol. The second-order valence-electron chi connectivity index (χ2n) is 7.89. The summed E-state index contributed by atoms with van der Waals surface area (Å²) >= 11 is 0. The van der Waals surface area contributed by atoms with Gasteiger partial charge in [0, 0.05) is 18.2 Å². The summed E-state index contributed by atoms with van der Waals surface area (Å²) in [5.41, 5.74) is -0.147. The second-order valence-corrected chi connectivity index (χ2v) is 7.89. The first-order chi connectivity index (χ1) is 15.1. The Balaban J connectivity index is 1.93. The highest BCUT2D eigenvalue weighted by atomic mass is 19.3. The Kier molecular flexibility index (Phi) is 6.59. The van der Waals surface area contributed by atoms with Gasteiger partial charge in [-0.3, -0.25) is 14.4 Å². The zero-order valence-electron chi connectivity index (χ0n) is 17.7. The van der Waals surface area contributed by atoms with E-state index in [1.807, 2.05) is 17.4 Å². The van der Waals surface area contributed by atoms with Crippen LogP contribution in [0.1, 0.15) is 38.3 Å². The number of para-hydroxylation sites is 1. The van der Waals surface area contributed by atoms with Crippen LogP contribution >= 0.6 is 0 Å². The molecule has 3 amide bonds. The lowest BCUT2D eigenvalue weighted by Crippen LogP contribution is -2.59. The fraction of sp³-hybridized carbons (Fsp3) is 0.348. The molecule has 7 nitrogen and oxygen atoms in total. The highest BCUT2D eigenvalue weighted by Gasteiger charge is 2.45. The van der Waals surface area contributed by atoms with E-state index in [1.54, 1.807) is 43.3 Å². The van der Waals surface area contributed by atoms with Crippen LogP contribution in [0.5, 0.6) is 0 Å². The highest BCUT2D eigenvalue weighted by Crippen LogP contribution is 2.37. The molecule has 4 N–H and O–H groups in total. The van der Waals surface area contributed by atoms with Crippen molar-refractivity contribution in [3.05, 3.63) is 54.1 Å². The molecule has 9 heteroatoms. The molecule has 0 bridgehead atoms. The summed E-state index contributed by atoms with van der Waals surface area (Å²) in [7, 11) is 0. The molecule has 0 aliphatic carbocycles. The molecule has 1 aliphatic heterocycles. The molecule has 0 saturated heterocycles. The number of alkyl halides is 2. The molecule has 2 aromatic carbocycles. The zero-order valence-corrected chi connectivity index (χ0v) is 17.7. The van der Waals surface area contributed by atoms with Crippen LogP contribution in [-0.4, -0.2) is 40.9 Å². The lowest BCUT2D eigenvalue weighted by molar-refractivity contribution is -0.156. The minimum absolute atomic E-state index is 0.221. The van der Waals surface area contributed by atoms with E-state index >= 15 is 0 Å². The van der Waals surface area contributed by atoms with Crippen molar-refractivity contribution in [2.75, 3.05) is 11.9 Å². The molecular weight excluding hydrogens is 420 g/mol. The number of halogens is 2. The minimum Gasteiger partial charge on any atom is -0.372 e. The molecule has 0 saturated carbocycles. The summed E-state index contributed by atoms with van der Waals surface area (Å²) in [5, 5.41) is 18.0. The van der Waals surface area contributed by atoms with Crippen LogP contribution in [0.2, 0.25) is 0 Å². The number of amides is 3. The predicted molar refractivity (Wildman–Crippen MR) is 115 cm³/mol. The Labute approximate surface area is 184 Å². The van der Waals surface area contributed by atoms with Crippen LogP contribution in [-0.2, 0) is 14.4 Å². The molecule has 32 heavy (non-hydrogen) atoms. The summed E-state index contributed by atoms with van der Waals surface area (Å²) in [6, 6.07) is 12.9. The number of aliphatic hydroxyl groups is 1. The van der Waals surface area contributed by atoms with E-state index in [-0.39, 0.29) is 12.8 Å². The number of carbonyl (C=O) groups excluding carboxylic acids is 3. The van der Waals surface area contributed by atoms with Gasteiger partial charge in [0.25, 0.3) is 23.6 Å². The Morgan fingerprint density at radius 3 is 2.34 bits per heavy atom. The van der Waals surface area contributed by atoms with Crippen molar-refractivity contribution < 1.29 is 28.3 Å². The number of anilines is 1. The van der Waals surface area contributed by atoms with Gasteiger partial charge >= 0.3 is 0 Å². The fourth-order valence-electron chi connectivity index (χ4n) is 3.63. The Morgan fingerprint density at radius 2 is 1.69 bits per heavy atom. The van der Waals surface area contributed by atoms with Crippen LogP contribution < -0.4 is 16.0 Å². The molecule has 0 fully saturated rings. The summed E-state index contributed by atoms with van der Waals surface area (Å²) in [6.07, 6.45) is -0.0884. The van der Waals surface area contributed by atoms with Gasteiger partial charge in [0.1, 0.15) is 6.04 Å². The zero-order chi connectivity index (χ0) is 23.5. The normalized spacial score (nSPS) is 17.2. The van der Waals surface area contributed by atoms with Gasteiger partial charge < -0.3 is 21.1 Å². The molecule has 2 atom stereocenters. The Morgan fingerprint density at radius 1 is 1.06 bits per heavy atom. The van der Waals surface area contributed by atoms with Gasteiger partial charge in [0.05, 0.1) is 6.54 Å². The molecule has 0 radical (unpaired) electrons.